The first-order valence-electron chi connectivity index (χ1n) is 10.9. The van der Waals surface area contributed by atoms with E-state index in [0.29, 0.717) is 15.8 Å². The summed E-state index contributed by atoms with van der Waals surface area (Å²) in [5, 5.41) is 7.76. The van der Waals surface area contributed by atoms with Crippen LogP contribution >= 0.6 is 15.9 Å². The van der Waals surface area contributed by atoms with Gasteiger partial charge in [-0.3, -0.25) is 9.59 Å². The number of aromatic nitrogens is 3. The minimum absolute atomic E-state index is 0.129. The molecule has 5 rings (SSSR count). The number of rotatable bonds is 4. The Hall–Kier alpha value is -4.17. The van der Waals surface area contributed by atoms with Crippen molar-refractivity contribution < 1.29 is 18.7 Å². The highest BCUT2D eigenvalue weighted by atomic mass is 79.9. The van der Waals surface area contributed by atoms with E-state index in [9.17, 15) is 9.59 Å². The van der Waals surface area contributed by atoms with E-state index in [4.69, 9.17) is 0 Å². The Bertz CT molecular complexity index is 1520. The van der Waals surface area contributed by atoms with Crippen molar-refractivity contribution in [1.82, 2.24) is 4.98 Å². The normalized spacial score (nSPS) is 10.9. The Morgan fingerprint density at radius 2 is 1.14 bits per heavy atom. The molecule has 0 aliphatic carbocycles. The maximum absolute atomic E-state index is 13.0. The smallest absolute Gasteiger partial charge is 0.274 e. The van der Waals surface area contributed by atoms with Crippen LogP contribution < -0.4 is 19.8 Å². The van der Waals surface area contributed by atoms with Crippen LogP contribution in [-0.4, -0.2) is 16.8 Å². The van der Waals surface area contributed by atoms with E-state index in [2.05, 4.69) is 31.5 Å². The SMILES string of the molecule is C[n+]1cc(NC(=O)c2cc(Br)cc(C(=O)Nc3cc4ccccc4[n+](C)c3)n2)cc2ccccc21. The van der Waals surface area contributed by atoms with E-state index in [0.717, 1.165) is 21.8 Å². The second-order valence-electron chi connectivity index (χ2n) is 8.26. The maximum Gasteiger partial charge on any atom is 0.274 e. The van der Waals surface area contributed by atoms with E-state index < -0.39 is 11.8 Å². The minimum Gasteiger partial charge on any atom is -0.316 e. The van der Waals surface area contributed by atoms with Crippen LogP contribution in [0, 0.1) is 0 Å². The zero-order chi connectivity index (χ0) is 24.5. The van der Waals surface area contributed by atoms with Crippen molar-refractivity contribution in [2.75, 3.05) is 10.6 Å². The number of hydrogen-bond acceptors (Lipinski definition) is 3. The van der Waals surface area contributed by atoms with Gasteiger partial charge in [-0.25, -0.2) is 4.98 Å². The summed E-state index contributed by atoms with van der Waals surface area (Å²) in [7, 11) is 3.84. The van der Waals surface area contributed by atoms with Crippen molar-refractivity contribution in [1.29, 1.82) is 0 Å². The number of hydrogen-bond donors (Lipinski definition) is 2. The second kappa shape index (κ2) is 9.23. The molecule has 0 saturated carbocycles. The highest BCUT2D eigenvalue weighted by Gasteiger charge is 2.18. The van der Waals surface area contributed by atoms with Crippen molar-refractivity contribution >= 4 is 60.9 Å². The third-order valence-electron chi connectivity index (χ3n) is 5.69. The summed E-state index contributed by atoms with van der Waals surface area (Å²) >= 11 is 3.40. The molecule has 0 unspecified atom stereocenters. The van der Waals surface area contributed by atoms with E-state index in [-0.39, 0.29) is 11.4 Å². The number of halogens is 1. The number of nitrogens with zero attached hydrogens (tertiary/aromatic N) is 3. The number of amides is 2. The lowest BCUT2D eigenvalue weighted by molar-refractivity contribution is -0.644. The van der Waals surface area contributed by atoms with Gasteiger partial charge < -0.3 is 10.6 Å². The quantitative estimate of drug-likeness (QED) is 0.342. The molecule has 3 heterocycles. The monoisotopic (exact) mass is 527 g/mol. The van der Waals surface area contributed by atoms with E-state index in [1.54, 1.807) is 12.1 Å². The lowest BCUT2D eigenvalue weighted by Gasteiger charge is -2.09. The van der Waals surface area contributed by atoms with Crippen molar-refractivity contribution in [3.05, 3.63) is 101 Å². The molecule has 5 aromatic rings. The van der Waals surface area contributed by atoms with Gasteiger partial charge in [-0.1, -0.05) is 40.2 Å². The van der Waals surface area contributed by atoms with Gasteiger partial charge >= 0.3 is 0 Å². The summed E-state index contributed by atoms with van der Waals surface area (Å²) in [6, 6.07) is 22.8. The van der Waals surface area contributed by atoms with Gasteiger partial charge in [-0.15, -0.1) is 0 Å². The molecule has 0 aliphatic heterocycles. The average Bonchev–Trinajstić information content (AvgIpc) is 2.83. The molecular formula is C27H22BrN5O2+2. The maximum atomic E-state index is 13.0. The molecule has 8 heteroatoms. The van der Waals surface area contributed by atoms with Crippen LogP contribution in [0.15, 0.2) is 89.7 Å². The van der Waals surface area contributed by atoms with Crippen molar-refractivity contribution in [2.24, 2.45) is 14.1 Å². The average molecular weight is 528 g/mol. The van der Waals surface area contributed by atoms with E-state index >= 15 is 0 Å². The first kappa shape index (κ1) is 22.6. The fourth-order valence-corrected chi connectivity index (χ4v) is 4.52. The molecule has 2 amide bonds. The zero-order valence-corrected chi connectivity index (χ0v) is 20.7. The zero-order valence-electron chi connectivity index (χ0n) is 19.1. The predicted octanol–water partition coefficient (Wildman–Crippen LogP) is 4.30. The highest BCUT2D eigenvalue weighted by molar-refractivity contribution is 9.10. The number of carbonyl (C=O) groups excluding carboxylic acids is 2. The molecular weight excluding hydrogens is 506 g/mol. The van der Waals surface area contributed by atoms with Gasteiger partial charge in [0.25, 0.3) is 11.8 Å². The van der Waals surface area contributed by atoms with Crippen LogP contribution in [0.5, 0.6) is 0 Å². The molecule has 35 heavy (non-hydrogen) atoms. The fourth-order valence-electron chi connectivity index (χ4n) is 4.08. The van der Waals surface area contributed by atoms with Crippen LogP contribution in [0.25, 0.3) is 21.8 Å². The molecule has 0 bridgehead atoms. The van der Waals surface area contributed by atoms with Crippen LogP contribution in [0.2, 0.25) is 0 Å². The summed E-state index contributed by atoms with van der Waals surface area (Å²) in [5.74, 6) is -0.819. The molecule has 0 atom stereocenters. The van der Waals surface area contributed by atoms with Crippen molar-refractivity contribution in [3.8, 4) is 0 Å². The van der Waals surface area contributed by atoms with Crippen molar-refractivity contribution in [2.45, 2.75) is 0 Å². The Labute approximate surface area is 210 Å². The van der Waals surface area contributed by atoms with Gasteiger partial charge in [0.1, 0.15) is 36.9 Å². The van der Waals surface area contributed by atoms with Crippen LogP contribution in [0.1, 0.15) is 21.0 Å². The summed E-state index contributed by atoms with van der Waals surface area (Å²) in [4.78, 5) is 30.3. The molecule has 2 aromatic carbocycles. The minimum atomic E-state index is -0.410. The molecule has 0 fully saturated rings. The number of nitrogens with one attached hydrogen (secondary N) is 2. The van der Waals surface area contributed by atoms with Gasteiger partial charge in [0.15, 0.2) is 12.4 Å². The number of fused-ring (bicyclic) bond motifs is 2. The fraction of sp³-hybridized carbons (Fsp3) is 0.0741. The third-order valence-corrected chi connectivity index (χ3v) is 6.15. The van der Waals surface area contributed by atoms with Gasteiger partial charge in [0, 0.05) is 27.4 Å². The predicted molar refractivity (Wildman–Crippen MR) is 138 cm³/mol. The highest BCUT2D eigenvalue weighted by Crippen LogP contribution is 2.19. The first-order valence-corrected chi connectivity index (χ1v) is 11.7. The third kappa shape index (κ3) is 4.74. The Morgan fingerprint density at radius 3 is 1.60 bits per heavy atom. The van der Waals surface area contributed by atoms with E-state index in [1.807, 2.05) is 96.3 Å². The molecule has 7 nitrogen and oxygen atoms in total. The molecule has 0 saturated heterocycles. The Kier molecular flexibility index (Phi) is 5.96. The van der Waals surface area contributed by atoms with Gasteiger partial charge in [0.2, 0.25) is 11.0 Å². The van der Waals surface area contributed by atoms with Crippen LogP contribution in [0.4, 0.5) is 11.4 Å². The Morgan fingerprint density at radius 1 is 0.714 bits per heavy atom. The largest absolute Gasteiger partial charge is 0.316 e. The topological polar surface area (TPSA) is 78.9 Å². The van der Waals surface area contributed by atoms with E-state index in [1.165, 1.54) is 0 Å². The summed E-state index contributed by atoms with van der Waals surface area (Å²) in [5.41, 5.74) is 3.62. The number of para-hydroxylation sites is 2. The standard InChI is InChI=1S/C27H20BrN5O2/c1-32-15-20(11-17-7-3-5-9-24(17)32)29-26(34)22-13-19(28)14-23(31-22)27(35)30-21-12-18-8-4-6-10-25(18)33(2)16-21/h3-16H,1-2H3/p+2. The van der Waals surface area contributed by atoms with Crippen molar-refractivity contribution in [3.63, 3.8) is 0 Å². The molecule has 0 spiro atoms. The second-order valence-corrected chi connectivity index (χ2v) is 9.18. The molecule has 3 aromatic heterocycles. The molecule has 0 aliphatic rings. The Balaban J connectivity index is 1.39. The lowest BCUT2D eigenvalue weighted by atomic mass is 10.2. The summed E-state index contributed by atoms with van der Waals surface area (Å²) < 4.78 is 4.47. The lowest BCUT2D eigenvalue weighted by Crippen LogP contribution is -2.30. The van der Waals surface area contributed by atoms with Crippen LogP contribution in [-0.2, 0) is 14.1 Å². The van der Waals surface area contributed by atoms with Gasteiger partial charge in [0.05, 0.1) is 0 Å². The number of aryl methyl sites for hydroxylation is 2. The van der Waals surface area contributed by atoms with Gasteiger partial charge in [-0.2, -0.15) is 9.13 Å². The van der Waals surface area contributed by atoms with Crippen LogP contribution in [0.3, 0.4) is 0 Å². The molecule has 172 valence electrons. The number of pyridine rings is 3. The molecule has 0 radical (unpaired) electrons. The van der Waals surface area contributed by atoms with Gasteiger partial charge in [-0.05, 0) is 36.4 Å². The summed E-state index contributed by atoms with van der Waals surface area (Å²) in [6.45, 7) is 0. The number of carbonyl (C=O) groups is 2. The number of anilines is 2. The first-order chi connectivity index (χ1) is 16.9. The number of benzene rings is 2. The molecule has 2 N–H and O–H groups in total. The summed E-state index contributed by atoms with van der Waals surface area (Å²) in [6.07, 6.45) is 3.68.